The normalized spacial score (nSPS) is 20.2. The summed E-state index contributed by atoms with van der Waals surface area (Å²) in [6.45, 7) is 2.78. The molecule has 0 fully saturated rings. The maximum absolute atomic E-state index is 12.9. The molecule has 3 rings (SSSR count). The zero-order valence-corrected chi connectivity index (χ0v) is 13.3. The van der Waals surface area contributed by atoms with Crippen molar-refractivity contribution >= 4 is 23.3 Å². The van der Waals surface area contributed by atoms with E-state index in [-0.39, 0.29) is 17.9 Å². The van der Waals surface area contributed by atoms with Gasteiger partial charge in [0.25, 0.3) is 0 Å². The Morgan fingerprint density at radius 3 is 2.61 bits per heavy atom. The van der Waals surface area contributed by atoms with E-state index in [0.717, 1.165) is 25.0 Å². The highest BCUT2D eigenvalue weighted by atomic mass is 16.2. The Labute approximate surface area is 136 Å². The highest BCUT2D eigenvalue weighted by molar-refractivity contribution is 6.25. The fraction of sp³-hybridized carbons (Fsp3) is 0.316. The minimum atomic E-state index is -0.375. The summed E-state index contributed by atoms with van der Waals surface area (Å²) in [6.07, 6.45) is 10.6. The van der Waals surface area contributed by atoms with Crippen LogP contribution in [-0.2, 0) is 4.79 Å². The number of anilines is 1. The van der Waals surface area contributed by atoms with Crippen molar-refractivity contribution in [3.05, 3.63) is 54.6 Å². The summed E-state index contributed by atoms with van der Waals surface area (Å²) in [4.78, 5) is 27.1. The molecule has 1 aromatic rings. The second kappa shape index (κ2) is 6.73. The molecule has 4 heteroatoms. The molecule has 1 heterocycles. The van der Waals surface area contributed by atoms with Gasteiger partial charge in [0.05, 0.1) is 6.54 Å². The molecular weight excluding hydrogens is 288 g/mol. The lowest BCUT2D eigenvalue weighted by Gasteiger charge is -2.26. The molecule has 0 N–H and O–H groups in total. The lowest BCUT2D eigenvalue weighted by molar-refractivity contribution is -0.429. The van der Waals surface area contributed by atoms with Crippen LogP contribution in [0.25, 0.3) is 0 Å². The summed E-state index contributed by atoms with van der Waals surface area (Å²) in [5.74, 6) is -0.553. The SMILES string of the molecule is CCCCC[N+]1=C2C=CC=CC2C(=O)N(c2ccccc2)C1=O. The fourth-order valence-corrected chi connectivity index (χ4v) is 3.02. The second-order valence-corrected chi connectivity index (χ2v) is 5.80. The fourth-order valence-electron chi connectivity index (χ4n) is 3.02. The van der Waals surface area contributed by atoms with Crippen molar-refractivity contribution in [1.29, 1.82) is 0 Å². The Bertz CT molecular complexity index is 701. The molecule has 1 aliphatic carbocycles. The predicted molar refractivity (Wildman–Crippen MR) is 90.8 cm³/mol. The number of amides is 3. The highest BCUT2D eigenvalue weighted by Crippen LogP contribution is 2.25. The molecule has 1 atom stereocenters. The van der Waals surface area contributed by atoms with Gasteiger partial charge in [-0.05, 0) is 31.1 Å². The molecular formula is C19H21N2O2+. The summed E-state index contributed by atoms with van der Waals surface area (Å²) < 4.78 is 1.76. The number of para-hydroxylation sites is 1. The number of hydrogen-bond acceptors (Lipinski definition) is 2. The first-order valence-corrected chi connectivity index (χ1v) is 8.16. The van der Waals surface area contributed by atoms with E-state index in [2.05, 4.69) is 6.92 Å². The molecule has 0 saturated carbocycles. The average molecular weight is 309 g/mol. The third kappa shape index (κ3) is 2.89. The minimum Gasteiger partial charge on any atom is -0.245 e. The summed E-state index contributed by atoms with van der Waals surface area (Å²) in [5.41, 5.74) is 1.43. The molecule has 1 aromatic carbocycles. The first-order chi connectivity index (χ1) is 11.2. The van der Waals surface area contributed by atoms with Crippen LogP contribution in [0.5, 0.6) is 0 Å². The lowest BCUT2D eigenvalue weighted by Crippen LogP contribution is -2.54. The Balaban J connectivity index is 2.01. The van der Waals surface area contributed by atoms with E-state index in [1.165, 1.54) is 4.90 Å². The van der Waals surface area contributed by atoms with Crippen molar-refractivity contribution in [3.63, 3.8) is 0 Å². The molecule has 4 nitrogen and oxygen atoms in total. The number of carbonyl (C=O) groups excluding carboxylic acids is 2. The molecule has 0 spiro atoms. The quantitative estimate of drug-likeness (QED) is 0.616. The zero-order chi connectivity index (χ0) is 16.2. The second-order valence-electron chi connectivity index (χ2n) is 5.80. The van der Waals surface area contributed by atoms with Crippen LogP contribution < -0.4 is 4.90 Å². The molecule has 0 radical (unpaired) electrons. The third-order valence-electron chi connectivity index (χ3n) is 4.22. The summed E-state index contributed by atoms with van der Waals surface area (Å²) in [5, 5.41) is 0. The van der Waals surface area contributed by atoms with Gasteiger partial charge in [-0.25, -0.2) is 4.79 Å². The van der Waals surface area contributed by atoms with Crippen LogP contribution in [0, 0.1) is 5.92 Å². The summed E-state index contributed by atoms with van der Waals surface area (Å²) in [6, 6.07) is 8.91. The van der Waals surface area contributed by atoms with Gasteiger partial charge in [-0.15, -0.1) is 4.90 Å². The molecule has 1 unspecified atom stereocenters. The predicted octanol–water partition coefficient (Wildman–Crippen LogP) is 3.54. The Morgan fingerprint density at radius 1 is 1.09 bits per heavy atom. The summed E-state index contributed by atoms with van der Waals surface area (Å²) >= 11 is 0. The van der Waals surface area contributed by atoms with E-state index in [1.807, 2.05) is 42.5 Å². The number of rotatable bonds is 5. The minimum absolute atomic E-state index is 0.177. The number of carbonyl (C=O) groups is 2. The molecule has 118 valence electrons. The van der Waals surface area contributed by atoms with Crippen molar-refractivity contribution < 1.29 is 14.2 Å². The topological polar surface area (TPSA) is 40.4 Å². The van der Waals surface area contributed by atoms with Crippen LogP contribution in [0.1, 0.15) is 26.2 Å². The maximum Gasteiger partial charge on any atom is 0.506 e. The van der Waals surface area contributed by atoms with Gasteiger partial charge >= 0.3 is 11.9 Å². The molecule has 0 saturated heterocycles. The Kier molecular flexibility index (Phi) is 4.51. The largest absolute Gasteiger partial charge is 0.506 e. The number of imide groups is 1. The number of nitrogens with zero attached hydrogens (tertiary/aromatic N) is 2. The van der Waals surface area contributed by atoms with Crippen LogP contribution in [-0.4, -0.2) is 28.8 Å². The first-order valence-electron chi connectivity index (χ1n) is 8.16. The van der Waals surface area contributed by atoms with Crippen molar-refractivity contribution in [2.45, 2.75) is 26.2 Å². The molecule has 0 aromatic heterocycles. The number of allylic oxidation sites excluding steroid dienone is 3. The van der Waals surface area contributed by atoms with Gasteiger partial charge in [-0.3, -0.25) is 0 Å². The summed E-state index contributed by atoms with van der Waals surface area (Å²) in [7, 11) is 0. The molecule has 23 heavy (non-hydrogen) atoms. The Hall–Kier alpha value is -2.49. The van der Waals surface area contributed by atoms with Gasteiger partial charge in [-0.1, -0.05) is 49.8 Å². The molecule has 1 aliphatic heterocycles. The maximum atomic E-state index is 12.9. The number of fused-ring (bicyclic) bond motifs is 1. The van der Waals surface area contributed by atoms with Crippen LogP contribution in [0.3, 0.4) is 0 Å². The molecule has 2 aliphatic rings. The van der Waals surface area contributed by atoms with Crippen LogP contribution in [0.2, 0.25) is 0 Å². The number of hydrogen-bond donors (Lipinski definition) is 0. The van der Waals surface area contributed by atoms with Gasteiger partial charge in [0.15, 0.2) is 0 Å². The standard InChI is InChI=1S/C19H21N2O2/c1-2-3-9-14-20-17-13-8-7-12-16(17)18(22)21(19(20)23)15-10-5-4-6-11-15/h4-8,10-13,16H,2-3,9,14H2,1H3/q+1. The first kappa shape index (κ1) is 15.4. The van der Waals surface area contributed by atoms with E-state index >= 15 is 0 Å². The van der Waals surface area contributed by atoms with Gasteiger partial charge in [0.2, 0.25) is 0 Å². The third-order valence-corrected chi connectivity index (χ3v) is 4.22. The van der Waals surface area contributed by atoms with Gasteiger partial charge in [0.1, 0.15) is 17.3 Å². The van der Waals surface area contributed by atoms with Crippen LogP contribution in [0.15, 0.2) is 54.6 Å². The number of unbranched alkanes of at least 4 members (excludes halogenated alkanes) is 2. The Morgan fingerprint density at radius 2 is 1.87 bits per heavy atom. The van der Waals surface area contributed by atoms with E-state index in [0.29, 0.717) is 12.2 Å². The smallest absolute Gasteiger partial charge is 0.245 e. The van der Waals surface area contributed by atoms with Gasteiger partial charge < -0.3 is 0 Å². The van der Waals surface area contributed by atoms with E-state index in [4.69, 9.17) is 0 Å². The van der Waals surface area contributed by atoms with E-state index in [9.17, 15) is 9.59 Å². The van der Waals surface area contributed by atoms with Crippen LogP contribution >= 0.6 is 0 Å². The van der Waals surface area contributed by atoms with Crippen molar-refractivity contribution in [2.75, 3.05) is 11.4 Å². The number of urea groups is 1. The average Bonchev–Trinajstić information content (AvgIpc) is 2.59. The van der Waals surface area contributed by atoms with E-state index in [1.54, 1.807) is 16.7 Å². The molecule has 3 amide bonds. The lowest BCUT2D eigenvalue weighted by atomic mass is 9.94. The van der Waals surface area contributed by atoms with Crippen molar-refractivity contribution in [2.24, 2.45) is 5.92 Å². The monoisotopic (exact) mass is 309 g/mol. The van der Waals surface area contributed by atoms with Crippen LogP contribution in [0.4, 0.5) is 10.5 Å². The van der Waals surface area contributed by atoms with Crippen molar-refractivity contribution in [1.82, 2.24) is 0 Å². The highest BCUT2D eigenvalue weighted by Gasteiger charge is 2.47. The van der Waals surface area contributed by atoms with Gasteiger partial charge in [-0.2, -0.15) is 9.37 Å². The molecule has 0 bridgehead atoms. The zero-order valence-electron chi connectivity index (χ0n) is 13.3. The van der Waals surface area contributed by atoms with Gasteiger partial charge in [0, 0.05) is 0 Å². The van der Waals surface area contributed by atoms with E-state index < -0.39 is 0 Å². The number of benzene rings is 1. The van der Waals surface area contributed by atoms with Crippen molar-refractivity contribution in [3.8, 4) is 0 Å².